The minimum absolute atomic E-state index is 0.123. The summed E-state index contributed by atoms with van der Waals surface area (Å²) in [4.78, 5) is 38.6. The van der Waals surface area contributed by atoms with E-state index in [2.05, 4.69) is 0 Å². The number of para-hydroxylation sites is 2. The number of aryl methyl sites for hydroxylation is 2. The number of hydrogen-bond donors (Lipinski definition) is 1. The van der Waals surface area contributed by atoms with E-state index in [9.17, 15) is 19.5 Å². The van der Waals surface area contributed by atoms with Crippen LogP contribution in [-0.2, 0) is 22.5 Å². The van der Waals surface area contributed by atoms with E-state index in [-0.39, 0.29) is 34.4 Å². The zero-order chi connectivity index (χ0) is 21.7. The highest BCUT2D eigenvalue weighted by molar-refractivity contribution is 5.86. The molecule has 1 aliphatic heterocycles. The van der Waals surface area contributed by atoms with Gasteiger partial charge in [-0.2, -0.15) is 0 Å². The van der Waals surface area contributed by atoms with Gasteiger partial charge in [0.25, 0.3) is 5.56 Å². The fourth-order valence-corrected chi connectivity index (χ4v) is 4.51. The molecule has 1 N–H and O–H groups in total. The van der Waals surface area contributed by atoms with Crippen LogP contribution in [0.4, 0.5) is 0 Å². The SMILES string of the molecule is COC(=O)C[C@@H](c1c(O)c2ccccc2oc1=O)c1cc2cccc3c2n(c1=O)CC3. The second kappa shape index (κ2) is 7.12. The van der Waals surface area contributed by atoms with Gasteiger partial charge in [-0.25, -0.2) is 4.79 Å². The van der Waals surface area contributed by atoms with Gasteiger partial charge in [-0.1, -0.05) is 30.3 Å². The van der Waals surface area contributed by atoms with Crippen molar-refractivity contribution in [2.45, 2.75) is 25.3 Å². The van der Waals surface area contributed by atoms with E-state index >= 15 is 0 Å². The molecule has 4 aromatic rings. The van der Waals surface area contributed by atoms with Crippen LogP contribution in [0.1, 0.15) is 29.0 Å². The molecule has 0 aliphatic carbocycles. The molecule has 3 heterocycles. The highest BCUT2D eigenvalue weighted by Gasteiger charge is 2.31. The van der Waals surface area contributed by atoms with Crippen molar-refractivity contribution in [3.8, 4) is 5.75 Å². The third-order valence-electron chi connectivity index (χ3n) is 5.97. The van der Waals surface area contributed by atoms with E-state index in [0.29, 0.717) is 11.9 Å². The van der Waals surface area contributed by atoms with Gasteiger partial charge in [0.15, 0.2) is 0 Å². The van der Waals surface area contributed by atoms with Crippen LogP contribution in [0, 0.1) is 0 Å². The van der Waals surface area contributed by atoms with Crippen LogP contribution < -0.4 is 11.2 Å². The number of fused-ring (bicyclic) bond motifs is 1. The number of pyridine rings is 1. The molecular formula is C24H19NO6. The van der Waals surface area contributed by atoms with Crippen LogP contribution in [0.15, 0.2) is 62.5 Å². The predicted molar refractivity (Wildman–Crippen MR) is 115 cm³/mol. The Bertz CT molecular complexity index is 1480. The highest BCUT2D eigenvalue weighted by Crippen LogP contribution is 2.36. The first kappa shape index (κ1) is 19.1. The summed E-state index contributed by atoms with van der Waals surface area (Å²) in [5.74, 6) is -1.92. The van der Waals surface area contributed by atoms with Crippen LogP contribution in [0.5, 0.6) is 5.75 Å². The highest BCUT2D eigenvalue weighted by atomic mass is 16.5. The lowest BCUT2D eigenvalue weighted by Crippen LogP contribution is -2.28. The summed E-state index contributed by atoms with van der Waals surface area (Å²) >= 11 is 0. The predicted octanol–water partition coefficient (Wildman–Crippen LogP) is 3.06. The molecule has 0 fully saturated rings. The van der Waals surface area contributed by atoms with Gasteiger partial charge < -0.3 is 18.8 Å². The van der Waals surface area contributed by atoms with Crippen molar-refractivity contribution >= 4 is 27.8 Å². The number of nitrogens with zero attached hydrogens (tertiary/aromatic N) is 1. The largest absolute Gasteiger partial charge is 0.507 e. The van der Waals surface area contributed by atoms with Gasteiger partial charge in [-0.3, -0.25) is 9.59 Å². The van der Waals surface area contributed by atoms with Crippen molar-refractivity contribution < 1.29 is 19.1 Å². The summed E-state index contributed by atoms with van der Waals surface area (Å²) in [6.07, 6.45) is 0.453. The van der Waals surface area contributed by atoms with E-state index in [1.807, 2.05) is 18.2 Å². The summed E-state index contributed by atoms with van der Waals surface area (Å²) in [7, 11) is 1.24. The normalized spacial score (nSPS) is 13.6. The maximum Gasteiger partial charge on any atom is 0.343 e. The van der Waals surface area contributed by atoms with E-state index in [4.69, 9.17) is 9.15 Å². The molecule has 7 heteroatoms. The maximum absolute atomic E-state index is 13.4. The summed E-state index contributed by atoms with van der Waals surface area (Å²) in [6.45, 7) is 0.520. The lowest BCUT2D eigenvalue weighted by atomic mass is 9.88. The third kappa shape index (κ3) is 2.92. The Balaban J connectivity index is 1.81. The molecule has 2 aromatic heterocycles. The van der Waals surface area contributed by atoms with Crippen molar-refractivity contribution in [1.29, 1.82) is 0 Å². The number of carbonyl (C=O) groups is 1. The lowest BCUT2D eigenvalue weighted by Gasteiger charge is -2.18. The van der Waals surface area contributed by atoms with Crippen molar-refractivity contribution in [3.63, 3.8) is 0 Å². The topological polar surface area (TPSA) is 98.7 Å². The maximum atomic E-state index is 13.4. The van der Waals surface area contributed by atoms with E-state index in [1.165, 1.54) is 7.11 Å². The van der Waals surface area contributed by atoms with Gasteiger partial charge in [0.1, 0.15) is 11.3 Å². The Kier molecular flexibility index (Phi) is 4.39. The van der Waals surface area contributed by atoms with Crippen LogP contribution >= 0.6 is 0 Å². The van der Waals surface area contributed by atoms with Gasteiger partial charge >= 0.3 is 11.6 Å². The molecule has 0 radical (unpaired) electrons. The third-order valence-corrected chi connectivity index (χ3v) is 5.97. The molecule has 1 aliphatic rings. The molecule has 0 saturated heterocycles. The van der Waals surface area contributed by atoms with Crippen molar-refractivity contribution in [2.24, 2.45) is 0 Å². The fourth-order valence-electron chi connectivity index (χ4n) is 4.51. The fraction of sp³-hybridized carbons (Fsp3) is 0.208. The molecule has 7 nitrogen and oxygen atoms in total. The minimum Gasteiger partial charge on any atom is -0.507 e. The van der Waals surface area contributed by atoms with Crippen LogP contribution in [0.3, 0.4) is 0 Å². The van der Waals surface area contributed by atoms with Gasteiger partial charge in [-0.15, -0.1) is 0 Å². The Labute approximate surface area is 176 Å². The van der Waals surface area contributed by atoms with E-state index in [1.54, 1.807) is 34.9 Å². The lowest BCUT2D eigenvalue weighted by molar-refractivity contribution is -0.140. The number of benzene rings is 2. The molecule has 31 heavy (non-hydrogen) atoms. The smallest absolute Gasteiger partial charge is 0.343 e. The first-order valence-corrected chi connectivity index (χ1v) is 9.96. The van der Waals surface area contributed by atoms with E-state index in [0.717, 1.165) is 22.9 Å². The molecule has 0 bridgehead atoms. The van der Waals surface area contributed by atoms with E-state index < -0.39 is 17.5 Å². The quantitative estimate of drug-likeness (QED) is 0.405. The number of rotatable bonds is 4. The zero-order valence-corrected chi connectivity index (χ0v) is 16.8. The monoisotopic (exact) mass is 417 g/mol. The zero-order valence-electron chi connectivity index (χ0n) is 16.8. The molecule has 0 saturated carbocycles. The van der Waals surface area contributed by atoms with Crippen LogP contribution in [-0.4, -0.2) is 22.8 Å². The van der Waals surface area contributed by atoms with Gasteiger partial charge in [0, 0.05) is 18.0 Å². The van der Waals surface area contributed by atoms with Crippen molar-refractivity contribution in [1.82, 2.24) is 4.57 Å². The Morgan fingerprint density at radius 2 is 2.00 bits per heavy atom. The van der Waals surface area contributed by atoms with Crippen molar-refractivity contribution in [2.75, 3.05) is 7.11 Å². The number of carbonyl (C=O) groups excluding carboxylic acids is 1. The van der Waals surface area contributed by atoms with Crippen LogP contribution in [0.25, 0.3) is 21.9 Å². The van der Waals surface area contributed by atoms with Gasteiger partial charge in [0.05, 0.1) is 30.0 Å². The number of aromatic hydroxyl groups is 1. The molecule has 1 atom stereocenters. The molecule has 0 spiro atoms. The number of ether oxygens (including phenoxy) is 1. The Morgan fingerprint density at radius 3 is 2.81 bits per heavy atom. The molecular weight excluding hydrogens is 398 g/mol. The van der Waals surface area contributed by atoms with Crippen molar-refractivity contribution in [3.05, 3.63) is 86.0 Å². The number of methoxy groups -OCH3 is 1. The first-order valence-electron chi connectivity index (χ1n) is 9.96. The standard InChI is InChI=1S/C24H19NO6/c1-30-19(26)12-16(20-22(27)15-7-2-3-8-18(15)31-24(20)29)17-11-14-6-4-5-13-9-10-25(21(13)14)23(17)28/h2-8,11,16,27H,9-10,12H2,1H3/t16-/m1/s1. The first-order chi connectivity index (χ1) is 15.0. The minimum atomic E-state index is -1.02. The molecule has 5 rings (SSSR count). The second-order valence-corrected chi connectivity index (χ2v) is 7.64. The molecule has 156 valence electrons. The van der Waals surface area contributed by atoms with Crippen LogP contribution in [0.2, 0.25) is 0 Å². The summed E-state index contributed by atoms with van der Waals surface area (Å²) in [6, 6.07) is 14.1. The molecule has 0 amide bonds. The summed E-state index contributed by atoms with van der Waals surface area (Å²) < 4.78 is 11.9. The molecule has 2 aromatic carbocycles. The molecule has 0 unspecified atom stereocenters. The summed E-state index contributed by atoms with van der Waals surface area (Å²) in [5, 5.41) is 12.1. The Morgan fingerprint density at radius 1 is 1.19 bits per heavy atom. The number of hydrogen-bond acceptors (Lipinski definition) is 6. The average molecular weight is 417 g/mol. The average Bonchev–Trinajstić information content (AvgIpc) is 3.21. The van der Waals surface area contributed by atoms with Gasteiger partial charge in [-0.05, 0) is 35.6 Å². The van der Waals surface area contributed by atoms with Gasteiger partial charge in [0.2, 0.25) is 0 Å². The summed E-state index contributed by atoms with van der Waals surface area (Å²) in [5.41, 5.74) is 1.21. The number of esters is 1. The number of aromatic nitrogens is 1. The second-order valence-electron chi connectivity index (χ2n) is 7.64. The Hall–Kier alpha value is -3.87.